The van der Waals surface area contributed by atoms with Crippen molar-refractivity contribution in [2.75, 3.05) is 49.5 Å². The molecule has 2 fully saturated rings. The lowest BCUT2D eigenvalue weighted by atomic mass is 10.2. The first-order chi connectivity index (χ1) is 14.1. The van der Waals surface area contributed by atoms with Gasteiger partial charge in [-0.05, 0) is 30.0 Å². The average molecular weight is 413 g/mol. The summed E-state index contributed by atoms with van der Waals surface area (Å²) in [4.78, 5) is 43.3. The number of benzene rings is 1. The lowest BCUT2D eigenvalue weighted by Gasteiger charge is -2.34. The molecule has 0 spiro atoms. The Morgan fingerprint density at radius 3 is 2.41 bits per heavy atom. The number of rotatable bonds is 5. The van der Waals surface area contributed by atoms with E-state index in [-0.39, 0.29) is 24.3 Å². The zero-order chi connectivity index (χ0) is 20.2. The number of hydrogen-bond acceptors (Lipinski definition) is 5. The summed E-state index contributed by atoms with van der Waals surface area (Å²) in [6, 6.07) is 11.3. The van der Waals surface area contributed by atoms with E-state index in [0.29, 0.717) is 39.1 Å². The molecule has 0 radical (unpaired) electrons. The quantitative estimate of drug-likeness (QED) is 0.818. The Hall–Kier alpha value is -2.87. The second kappa shape index (κ2) is 8.65. The van der Waals surface area contributed by atoms with Crippen LogP contribution in [0.2, 0.25) is 0 Å². The molecule has 7 nitrogen and oxygen atoms in total. The minimum Gasteiger partial charge on any atom is -0.374 e. The number of para-hydroxylation sites is 2. The van der Waals surface area contributed by atoms with Gasteiger partial charge in [-0.15, -0.1) is 11.3 Å². The van der Waals surface area contributed by atoms with Gasteiger partial charge in [-0.25, -0.2) is 0 Å². The van der Waals surface area contributed by atoms with Gasteiger partial charge in [0, 0.05) is 39.1 Å². The Balaban J connectivity index is 1.31. The van der Waals surface area contributed by atoms with Gasteiger partial charge in [-0.3, -0.25) is 14.4 Å². The third kappa shape index (κ3) is 4.27. The maximum absolute atomic E-state index is 12.7. The fourth-order valence-electron chi connectivity index (χ4n) is 3.76. The molecule has 2 saturated heterocycles. The van der Waals surface area contributed by atoms with Crippen LogP contribution in [0.1, 0.15) is 22.5 Å². The molecule has 4 rings (SSSR count). The zero-order valence-corrected chi connectivity index (χ0v) is 17.0. The van der Waals surface area contributed by atoms with E-state index in [0.717, 1.165) is 22.7 Å². The Morgan fingerprint density at radius 1 is 0.966 bits per heavy atom. The highest BCUT2D eigenvalue weighted by atomic mass is 32.1. The number of piperazine rings is 1. The van der Waals surface area contributed by atoms with E-state index >= 15 is 0 Å². The van der Waals surface area contributed by atoms with Gasteiger partial charge in [-0.2, -0.15) is 0 Å². The van der Waals surface area contributed by atoms with Crippen LogP contribution in [-0.2, 0) is 9.59 Å². The molecule has 0 atom stereocenters. The Bertz CT molecular complexity index is 891. The van der Waals surface area contributed by atoms with Gasteiger partial charge >= 0.3 is 0 Å². The van der Waals surface area contributed by atoms with E-state index in [2.05, 4.69) is 5.32 Å². The fourth-order valence-corrected chi connectivity index (χ4v) is 4.45. The van der Waals surface area contributed by atoms with Gasteiger partial charge in [0.05, 0.1) is 22.8 Å². The smallest absolute Gasteiger partial charge is 0.264 e. The van der Waals surface area contributed by atoms with Gasteiger partial charge in [0.25, 0.3) is 5.91 Å². The molecule has 1 N–H and O–H groups in total. The van der Waals surface area contributed by atoms with Crippen molar-refractivity contribution in [3.8, 4) is 0 Å². The maximum Gasteiger partial charge on any atom is 0.264 e. The minimum atomic E-state index is -0.00391. The van der Waals surface area contributed by atoms with Crippen molar-refractivity contribution < 1.29 is 14.4 Å². The van der Waals surface area contributed by atoms with Crippen LogP contribution in [0.4, 0.5) is 11.4 Å². The first kappa shape index (κ1) is 19.4. The lowest BCUT2D eigenvalue weighted by molar-refractivity contribution is -0.130. The molecule has 0 saturated carbocycles. The standard InChI is InChI=1S/C21H24N4O3S/c26-19-8-3-9-25(19)17-6-2-1-5-16(17)22-15-20(27)23-10-12-24(13-11-23)21(28)18-7-4-14-29-18/h1-2,4-7,14,22H,3,8-13,15H2. The monoisotopic (exact) mass is 412 g/mol. The minimum absolute atomic E-state index is 0.00391. The number of nitrogens with zero attached hydrogens (tertiary/aromatic N) is 3. The molecular formula is C21H24N4O3S. The average Bonchev–Trinajstić information content (AvgIpc) is 3.44. The number of amides is 3. The predicted molar refractivity (Wildman–Crippen MR) is 113 cm³/mol. The van der Waals surface area contributed by atoms with Crippen molar-refractivity contribution >= 4 is 40.4 Å². The Kier molecular flexibility index (Phi) is 5.80. The number of anilines is 2. The van der Waals surface area contributed by atoms with Crippen LogP contribution in [0.25, 0.3) is 0 Å². The molecule has 2 aliphatic rings. The highest BCUT2D eigenvalue weighted by Crippen LogP contribution is 2.29. The van der Waals surface area contributed by atoms with Gasteiger partial charge in [0.1, 0.15) is 0 Å². The van der Waals surface area contributed by atoms with Crippen LogP contribution in [0.3, 0.4) is 0 Å². The first-order valence-electron chi connectivity index (χ1n) is 9.87. The van der Waals surface area contributed by atoms with Crippen LogP contribution in [0.15, 0.2) is 41.8 Å². The topological polar surface area (TPSA) is 73.0 Å². The van der Waals surface area contributed by atoms with Crippen molar-refractivity contribution in [1.29, 1.82) is 0 Å². The molecule has 2 aliphatic heterocycles. The molecule has 0 bridgehead atoms. The van der Waals surface area contributed by atoms with E-state index in [1.165, 1.54) is 11.3 Å². The molecule has 0 unspecified atom stereocenters. The predicted octanol–water partition coefficient (Wildman–Crippen LogP) is 2.27. The SMILES string of the molecule is O=C(CNc1ccccc1N1CCCC1=O)N1CCN(C(=O)c2cccs2)CC1. The van der Waals surface area contributed by atoms with E-state index in [1.807, 2.05) is 41.8 Å². The summed E-state index contributed by atoms with van der Waals surface area (Å²) in [5, 5.41) is 5.10. The van der Waals surface area contributed by atoms with Gasteiger partial charge in [-0.1, -0.05) is 18.2 Å². The number of nitrogens with one attached hydrogen (secondary N) is 1. The van der Waals surface area contributed by atoms with Crippen molar-refractivity contribution in [2.45, 2.75) is 12.8 Å². The first-order valence-corrected chi connectivity index (χ1v) is 10.8. The van der Waals surface area contributed by atoms with Crippen LogP contribution >= 0.6 is 11.3 Å². The number of hydrogen-bond donors (Lipinski definition) is 1. The molecule has 8 heteroatoms. The molecule has 3 heterocycles. The van der Waals surface area contributed by atoms with Gasteiger partial charge in [0.15, 0.2) is 0 Å². The molecule has 2 aromatic rings. The number of thiophene rings is 1. The van der Waals surface area contributed by atoms with Gasteiger partial charge in [0.2, 0.25) is 11.8 Å². The molecule has 29 heavy (non-hydrogen) atoms. The summed E-state index contributed by atoms with van der Waals surface area (Å²) in [5.41, 5.74) is 1.62. The Labute approximate surface area is 173 Å². The molecule has 1 aromatic carbocycles. The van der Waals surface area contributed by atoms with E-state index < -0.39 is 0 Å². The third-order valence-corrected chi connectivity index (χ3v) is 6.21. The summed E-state index contributed by atoms with van der Waals surface area (Å²) in [6.45, 7) is 3.03. The summed E-state index contributed by atoms with van der Waals surface area (Å²) in [5.74, 6) is 0.155. The van der Waals surface area contributed by atoms with Crippen LogP contribution in [-0.4, -0.2) is 66.8 Å². The van der Waals surface area contributed by atoms with Crippen molar-refractivity contribution in [3.63, 3.8) is 0 Å². The van der Waals surface area contributed by atoms with Crippen LogP contribution < -0.4 is 10.2 Å². The van der Waals surface area contributed by atoms with Crippen molar-refractivity contribution in [1.82, 2.24) is 9.80 Å². The number of carbonyl (C=O) groups is 3. The summed E-state index contributed by atoms with van der Waals surface area (Å²) in [6.07, 6.45) is 1.43. The molecule has 152 valence electrons. The summed E-state index contributed by atoms with van der Waals surface area (Å²) < 4.78 is 0. The second-order valence-corrected chi connectivity index (χ2v) is 8.12. The summed E-state index contributed by atoms with van der Waals surface area (Å²) in [7, 11) is 0. The Morgan fingerprint density at radius 2 is 1.72 bits per heavy atom. The molecule has 0 aliphatic carbocycles. The highest BCUT2D eigenvalue weighted by Gasteiger charge is 2.26. The lowest BCUT2D eigenvalue weighted by Crippen LogP contribution is -2.51. The highest BCUT2D eigenvalue weighted by molar-refractivity contribution is 7.12. The van der Waals surface area contributed by atoms with E-state index in [1.54, 1.807) is 14.7 Å². The van der Waals surface area contributed by atoms with Crippen LogP contribution in [0, 0.1) is 0 Å². The summed E-state index contributed by atoms with van der Waals surface area (Å²) >= 11 is 1.44. The maximum atomic E-state index is 12.7. The van der Waals surface area contributed by atoms with Gasteiger partial charge < -0.3 is 20.0 Å². The van der Waals surface area contributed by atoms with Crippen molar-refractivity contribution in [3.05, 3.63) is 46.7 Å². The number of carbonyl (C=O) groups excluding carboxylic acids is 3. The fraction of sp³-hybridized carbons (Fsp3) is 0.381. The van der Waals surface area contributed by atoms with Crippen LogP contribution in [0.5, 0.6) is 0 Å². The van der Waals surface area contributed by atoms with E-state index in [4.69, 9.17) is 0 Å². The largest absolute Gasteiger partial charge is 0.374 e. The molecular weight excluding hydrogens is 388 g/mol. The third-order valence-electron chi connectivity index (χ3n) is 5.35. The normalized spacial score (nSPS) is 17.0. The molecule has 3 amide bonds. The van der Waals surface area contributed by atoms with E-state index in [9.17, 15) is 14.4 Å². The zero-order valence-electron chi connectivity index (χ0n) is 16.2. The molecule has 1 aromatic heterocycles. The second-order valence-electron chi connectivity index (χ2n) is 7.17. The van der Waals surface area contributed by atoms with Crippen molar-refractivity contribution in [2.24, 2.45) is 0 Å².